The molecule has 0 aliphatic rings. The lowest BCUT2D eigenvalue weighted by molar-refractivity contribution is 0.103. The molecule has 2 aromatic rings. The average molecular weight is 325 g/mol. The van der Waals surface area contributed by atoms with Gasteiger partial charge in [-0.2, -0.15) is 0 Å². The standard InChI is InChI=1S/C13H13BrN2OS/c1-3-9-6-10(14)4-5-11(9)16-13(17)12-7-15-8(2)18-12/h4-7H,3H2,1-2H3,(H,16,17). The topological polar surface area (TPSA) is 42.0 Å². The van der Waals surface area contributed by atoms with Crippen molar-refractivity contribution in [1.29, 1.82) is 0 Å². The second kappa shape index (κ2) is 5.63. The van der Waals surface area contributed by atoms with Crippen molar-refractivity contribution in [1.82, 2.24) is 4.98 Å². The maximum absolute atomic E-state index is 12.0. The molecule has 1 aromatic heterocycles. The fraction of sp³-hybridized carbons (Fsp3) is 0.231. The van der Waals surface area contributed by atoms with Gasteiger partial charge in [-0.1, -0.05) is 22.9 Å². The summed E-state index contributed by atoms with van der Waals surface area (Å²) in [5.74, 6) is -0.0994. The minimum absolute atomic E-state index is 0.0994. The largest absolute Gasteiger partial charge is 0.321 e. The number of carbonyl (C=O) groups is 1. The number of nitrogens with one attached hydrogen (secondary N) is 1. The zero-order valence-electron chi connectivity index (χ0n) is 10.2. The van der Waals surface area contributed by atoms with Gasteiger partial charge in [-0.05, 0) is 37.1 Å². The summed E-state index contributed by atoms with van der Waals surface area (Å²) in [5, 5.41) is 3.82. The average Bonchev–Trinajstić information content (AvgIpc) is 2.78. The van der Waals surface area contributed by atoms with Crippen molar-refractivity contribution < 1.29 is 4.79 Å². The van der Waals surface area contributed by atoms with E-state index < -0.39 is 0 Å². The molecule has 18 heavy (non-hydrogen) atoms. The predicted molar refractivity (Wildman–Crippen MR) is 78.3 cm³/mol. The van der Waals surface area contributed by atoms with E-state index in [9.17, 15) is 4.79 Å². The lowest BCUT2D eigenvalue weighted by Crippen LogP contribution is -2.11. The molecular weight excluding hydrogens is 312 g/mol. The van der Waals surface area contributed by atoms with Gasteiger partial charge >= 0.3 is 0 Å². The van der Waals surface area contributed by atoms with E-state index in [0.717, 1.165) is 27.2 Å². The number of hydrogen-bond acceptors (Lipinski definition) is 3. The van der Waals surface area contributed by atoms with Crippen molar-refractivity contribution in [3.05, 3.63) is 44.3 Å². The number of aryl methyl sites for hydroxylation is 2. The van der Waals surface area contributed by atoms with Crippen LogP contribution in [0.2, 0.25) is 0 Å². The summed E-state index contributed by atoms with van der Waals surface area (Å²) < 4.78 is 1.02. The number of benzene rings is 1. The molecule has 0 bridgehead atoms. The summed E-state index contributed by atoms with van der Waals surface area (Å²) in [4.78, 5) is 16.8. The van der Waals surface area contributed by atoms with Crippen LogP contribution in [0.4, 0.5) is 5.69 Å². The van der Waals surface area contributed by atoms with Gasteiger partial charge in [0.25, 0.3) is 5.91 Å². The molecule has 2 rings (SSSR count). The van der Waals surface area contributed by atoms with Crippen LogP contribution in [0.5, 0.6) is 0 Å². The van der Waals surface area contributed by atoms with E-state index in [1.807, 2.05) is 25.1 Å². The first kappa shape index (κ1) is 13.2. The first-order chi connectivity index (χ1) is 8.60. The number of amides is 1. The Balaban J connectivity index is 2.21. The highest BCUT2D eigenvalue weighted by atomic mass is 79.9. The van der Waals surface area contributed by atoms with Crippen LogP contribution in [0.15, 0.2) is 28.9 Å². The van der Waals surface area contributed by atoms with Gasteiger partial charge in [0, 0.05) is 10.2 Å². The van der Waals surface area contributed by atoms with Crippen LogP contribution in [0.25, 0.3) is 0 Å². The number of rotatable bonds is 3. The van der Waals surface area contributed by atoms with Gasteiger partial charge in [-0.25, -0.2) is 4.98 Å². The van der Waals surface area contributed by atoms with Gasteiger partial charge in [-0.15, -0.1) is 11.3 Å². The molecule has 0 atom stereocenters. The van der Waals surface area contributed by atoms with Crippen molar-refractivity contribution in [2.75, 3.05) is 5.32 Å². The molecule has 1 aromatic carbocycles. The number of aromatic nitrogens is 1. The van der Waals surface area contributed by atoms with Gasteiger partial charge in [0.1, 0.15) is 4.88 Å². The van der Waals surface area contributed by atoms with Crippen LogP contribution in [0.3, 0.4) is 0 Å². The molecule has 0 saturated heterocycles. The van der Waals surface area contributed by atoms with Crippen molar-refractivity contribution >= 4 is 38.9 Å². The third kappa shape index (κ3) is 2.97. The monoisotopic (exact) mass is 324 g/mol. The Morgan fingerprint density at radius 1 is 1.50 bits per heavy atom. The third-order valence-electron chi connectivity index (χ3n) is 2.54. The molecule has 1 heterocycles. The Kier molecular flexibility index (Phi) is 4.14. The Morgan fingerprint density at radius 3 is 2.89 bits per heavy atom. The van der Waals surface area contributed by atoms with Gasteiger partial charge in [0.2, 0.25) is 0 Å². The van der Waals surface area contributed by atoms with Crippen molar-refractivity contribution in [3.63, 3.8) is 0 Å². The minimum atomic E-state index is -0.0994. The summed E-state index contributed by atoms with van der Waals surface area (Å²) in [5.41, 5.74) is 1.97. The zero-order chi connectivity index (χ0) is 13.1. The van der Waals surface area contributed by atoms with E-state index in [1.165, 1.54) is 11.3 Å². The van der Waals surface area contributed by atoms with Crippen molar-refractivity contribution in [3.8, 4) is 0 Å². The normalized spacial score (nSPS) is 10.4. The van der Waals surface area contributed by atoms with Crippen LogP contribution >= 0.6 is 27.3 Å². The highest BCUT2D eigenvalue weighted by Crippen LogP contribution is 2.23. The van der Waals surface area contributed by atoms with E-state index in [1.54, 1.807) is 6.20 Å². The molecule has 0 radical (unpaired) electrons. The van der Waals surface area contributed by atoms with E-state index in [2.05, 4.69) is 33.2 Å². The molecule has 0 fully saturated rings. The van der Waals surface area contributed by atoms with Gasteiger partial charge < -0.3 is 5.32 Å². The molecule has 0 spiro atoms. The summed E-state index contributed by atoms with van der Waals surface area (Å²) in [7, 11) is 0. The minimum Gasteiger partial charge on any atom is -0.321 e. The number of carbonyl (C=O) groups excluding carboxylic acids is 1. The summed E-state index contributed by atoms with van der Waals surface area (Å²) in [6, 6.07) is 5.86. The quantitative estimate of drug-likeness (QED) is 0.926. The number of anilines is 1. The predicted octanol–water partition coefficient (Wildman–Crippen LogP) is 4.03. The molecule has 5 heteroatoms. The first-order valence-corrected chi connectivity index (χ1v) is 7.23. The van der Waals surface area contributed by atoms with Gasteiger partial charge in [0.15, 0.2) is 0 Å². The second-order valence-corrected chi connectivity index (χ2v) is 6.00. The van der Waals surface area contributed by atoms with Crippen molar-refractivity contribution in [2.24, 2.45) is 0 Å². The first-order valence-electron chi connectivity index (χ1n) is 5.62. The van der Waals surface area contributed by atoms with Gasteiger partial charge in [0.05, 0.1) is 11.2 Å². The van der Waals surface area contributed by atoms with Crippen LogP contribution in [0, 0.1) is 6.92 Å². The molecule has 0 unspecified atom stereocenters. The zero-order valence-corrected chi connectivity index (χ0v) is 12.6. The fourth-order valence-corrected chi connectivity index (χ4v) is 2.71. The lowest BCUT2D eigenvalue weighted by atomic mass is 10.1. The molecular formula is C13H13BrN2OS. The number of nitrogens with zero attached hydrogens (tertiary/aromatic N) is 1. The number of hydrogen-bond donors (Lipinski definition) is 1. The Bertz CT molecular complexity index is 580. The molecule has 0 saturated carbocycles. The highest BCUT2D eigenvalue weighted by molar-refractivity contribution is 9.10. The molecule has 3 nitrogen and oxygen atoms in total. The Hall–Kier alpha value is -1.20. The highest BCUT2D eigenvalue weighted by Gasteiger charge is 2.11. The third-order valence-corrected chi connectivity index (χ3v) is 3.95. The SMILES string of the molecule is CCc1cc(Br)ccc1NC(=O)c1cnc(C)s1. The molecule has 0 aliphatic carbocycles. The van der Waals surface area contributed by atoms with Gasteiger partial charge in [-0.3, -0.25) is 4.79 Å². The van der Waals surface area contributed by atoms with E-state index in [-0.39, 0.29) is 5.91 Å². The molecule has 94 valence electrons. The molecule has 1 N–H and O–H groups in total. The van der Waals surface area contributed by atoms with Crippen molar-refractivity contribution in [2.45, 2.75) is 20.3 Å². The van der Waals surface area contributed by atoms with E-state index in [4.69, 9.17) is 0 Å². The maximum atomic E-state index is 12.0. The maximum Gasteiger partial charge on any atom is 0.267 e. The second-order valence-electron chi connectivity index (χ2n) is 3.85. The van der Waals surface area contributed by atoms with Crippen LogP contribution in [-0.4, -0.2) is 10.9 Å². The Labute approximate surface area is 118 Å². The number of halogens is 1. The van der Waals surface area contributed by atoms with Crippen LogP contribution < -0.4 is 5.32 Å². The fourth-order valence-electron chi connectivity index (χ4n) is 1.63. The van der Waals surface area contributed by atoms with E-state index in [0.29, 0.717) is 4.88 Å². The summed E-state index contributed by atoms with van der Waals surface area (Å²) >= 11 is 4.83. The smallest absolute Gasteiger partial charge is 0.267 e. The summed E-state index contributed by atoms with van der Waals surface area (Å²) in [6.45, 7) is 3.95. The lowest BCUT2D eigenvalue weighted by Gasteiger charge is -2.09. The number of thiazole rings is 1. The molecule has 0 aliphatic heterocycles. The molecule has 1 amide bonds. The van der Waals surface area contributed by atoms with Crippen LogP contribution in [-0.2, 0) is 6.42 Å². The van der Waals surface area contributed by atoms with Crippen LogP contribution in [0.1, 0.15) is 27.2 Å². The van der Waals surface area contributed by atoms with E-state index >= 15 is 0 Å². The Morgan fingerprint density at radius 2 is 2.28 bits per heavy atom. The summed E-state index contributed by atoms with van der Waals surface area (Å²) in [6.07, 6.45) is 2.48.